The molecule has 0 bridgehead atoms. The Balaban J connectivity index is 2.19. The van der Waals surface area contributed by atoms with Crippen molar-refractivity contribution in [3.63, 3.8) is 0 Å². The average molecular weight is 262 g/mol. The van der Waals surface area contributed by atoms with Crippen molar-refractivity contribution >= 4 is 17.0 Å². The van der Waals surface area contributed by atoms with Crippen LogP contribution in [0.2, 0.25) is 0 Å². The molecule has 1 aromatic heterocycles. The molecule has 2 aromatic rings. The van der Waals surface area contributed by atoms with E-state index in [1.807, 2.05) is 18.2 Å². The number of aromatic nitrogens is 1. The maximum Gasteiger partial charge on any atom is 0.253 e. The zero-order chi connectivity index (χ0) is 14.2. The van der Waals surface area contributed by atoms with Crippen molar-refractivity contribution in [3.8, 4) is 0 Å². The summed E-state index contributed by atoms with van der Waals surface area (Å²) < 4.78 is 5.45. The van der Waals surface area contributed by atoms with E-state index in [9.17, 15) is 9.90 Å². The summed E-state index contributed by atoms with van der Waals surface area (Å²) in [6.07, 6.45) is 0. The minimum Gasteiger partial charge on any atom is -0.441 e. The number of aliphatic hydroxyl groups is 1. The third-order valence-corrected chi connectivity index (χ3v) is 2.85. The van der Waals surface area contributed by atoms with Gasteiger partial charge in [0.15, 0.2) is 11.5 Å². The molecule has 5 nitrogen and oxygen atoms in total. The molecule has 0 radical (unpaired) electrons. The number of amides is 1. The van der Waals surface area contributed by atoms with Crippen LogP contribution in [0.4, 0.5) is 0 Å². The fraction of sp³-hybridized carbons (Fsp3) is 0.429. The van der Waals surface area contributed by atoms with E-state index in [4.69, 9.17) is 4.42 Å². The van der Waals surface area contributed by atoms with Crippen LogP contribution in [0, 0.1) is 6.92 Å². The summed E-state index contributed by atoms with van der Waals surface area (Å²) in [6, 6.07) is 5.63. The first-order valence-corrected chi connectivity index (χ1v) is 6.11. The quantitative estimate of drug-likeness (QED) is 0.917. The lowest BCUT2D eigenvalue weighted by Gasteiger charge is -2.24. The van der Waals surface area contributed by atoms with E-state index in [0.717, 1.165) is 11.1 Å². The molecular weight excluding hydrogens is 244 g/mol. The monoisotopic (exact) mass is 262 g/mol. The van der Waals surface area contributed by atoms with Gasteiger partial charge in [-0.2, -0.15) is 0 Å². The number of rotatable bonds is 3. The van der Waals surface area contributed by atoms with Crippen LogP contribution in [-0.2, 0) is 11.3 Å². The minimum atomic E-state index is -1.36. The van der Waals surface area contributed by atoms with Gasteiger partial charge in [0.05, 0.1) is 0 Å². The highest BCUT2D eigenvalue weighted by Gasteiger charge is 2.27. The molecule has 1 aromatic carbocycles. The first kappa shape index (κ1) is 13.5. The highest BCUT2D eigenvalue weighted by atomic mass is 16.3. The van der Waals surface area contributed by atoms with E-state index in [1.54, 1.807) is 14.0 Å². The SMILES string of the molecule is Cc1nc2ccc(CN(C)C(=O)C(C)(C)O)cc2o1. The maximum atomic E-state index is 11.9. The number of aryl methyl sites for hydroxylation is 1. The van der Waals surface area contributed by atoms with Gasteiger partial charge in [0.1, 0.15) is 11.1 Å². The molecule has 0 aliphatic carbocycles. The molecule has 0 aliphatic heterocycles. The third kappa shape index (κ3) is 2.93. The van der Waals surface area contributed by atoms with Gasteiger partial charge < -0.3 is 14.4 Å². The lowest BCUT2D eigenvalue weighted by molar-refractivity contribution is -0.146. The molecule has 19 heavy (non-hydrogen) atoms. The van der Waals surface area contributed by atoms with Crippen LogP contribution in [-0.4, -0.2) is 33.5 Å². The Morgan fingerprint density at radius 3 is 2.79 bits per heavy atom. The van der Waals surface area contributed by atoms with Crippen LogP contribution in [0.3, 0.4) is 0 Å². The van der Waals surface area contributed by atoms with Gasteiger partial charge >= 0.3 is 0 Å². The van der Waals surface area contributed by atoms with E-state index in [-0.39, 0.29) is 5.91 Å². The van der Waals surface area contributed by atoms with Gasteiger partial charge in [-0.1, -0.05) is 6.07 Å². The summed E-state index contributed by atoms with van der Waals surface area (Å²) >= 11 is 0. The molecular formula is C14H18N2O3. The summed E-state index contributed by atoms with van der Waals surface area (Å²) in [7, 11) is 1.66. The molecule has 0 aliphatic rings. The van der Waals surface area contributed by atoms with Crippen LogP contribution in [0.15, 0.2) is 22.6 Å². The molecule has 0 atom stereocenters. The standard InChI is InChI=1S/C14H18N2O3/c1-9-15-11-6-5-10(7-12(11)19-9)8-16(4)13(17)14(2,3)18/h5-7,18H,8H2,1-4H3. The van der Waals surface area contributed by atoms with E-state index in [2.05, 4.69) is 4.98 Å². The van der Waals surface area contributed by atoms with Gasteiger partial charge in [-0.25, -0.2) is 4.98 Å². The van der Waals surface area contributed by atoms with Gasteiger partial charge in [-0.15, -0.1) is 0 Å². The van der Waals surface area contributed by atoms with Crippen molar-refractivity contribution in [2.45, 2.75) is 32.9 Å². The second-order valence-electron chi connectivity index (χ2n) is 5.26. The molecule has 1 N–H and O–H groups in total. The smallest absolute Gasteiger partial charge is 0.253 e. The summed E-state index contributed by atoms with van der Waals surface area (Å²) in [5, 5.41) is 9.69. The van der Waals surface area contributed by atoms with Gasteiger partial charge in [0.25, 0.3) is 5.91 Å². The summed E-state index contributed by atoms with van der Waals surface area (Å²) in [6.45, 7) is 5.17. The Bertz CT molecular complexity index is 611. The number of likely N-dealkylation sites (N-methyl/N-ethyl adjacent to an activating group) is 1. The zero-order valence-corrected chi connectivity index (χ0v) is 11.6. The lowest BCUT2D eigenvalue weighted by Crippen LogP contribution is -2.42. The molecule has 0 saturated carbocycles. The predicted octanol–water partition coefficient (Wildman–Crippen LogP) is 1.87. The zero-order valence-electron chi connectivity index (χ0n) is 11.6. The van der Waals surface area contributed by atoms with Crippen molar-refractivity contribution in [1.29, 1.82) is 0 Å². The predicted molar refractivity (Wildman–Crippen MR) is 71.5 cm³/mol. The number of fused-ring (bicyclic) bond motifs is 1. The number of hydrogen-bond acceptors (Lipinski definition) is 4. The number of carbonyl (C=O) groups is 1. The average Bonchev–Trinajstić information content (AvgIpc) is 2.66. The van der Waals surface area contributed by atoms with E-state index >= 15 is 0 Å². The minimum absolute atomic E-state index is 0.318. The van der Waals surface area contributed by atoms with Crippen LogP contribution in [0.25, 0.3) is 11.1 Å². The molecule has 1 heterocycles. The van der Waals surface area contributed by atoms with Crippen molar-refractivity contribution in [2.24, 2.45) is 0 Å². The normalized spacial score (nSPS) is 11.8. The van der Waals surface area contributed by atoms with Gasteiger partial charge in [-0.3, -0.25) is 4.79 Å². The number of oxazole rings is 1. The highest BCUT2D eigenvalue weighted by Crippen LogP contribution is 2.18. The van der Waals surface area contributed by atoms with Crippen molar-refractivity contribution < 1.29 is 14.3 Å². The number of nitrogens with zero attached hydrogens (tertiary/aromatic N) is 2. The van der Waals surface area contributed by atoms with Crippen LogP contribution < -0.4 is 0 Å². The Morgan fingerprint density at radius 1 is 1.47 bits per heavy atom. The van der Waals surface area contributed by atoms with E-state index in [1.165, 1.54) is 18.7 Å². The van der Waals surface area contributed by atoms with E-state index < -0.39 is 5.60 Å². The molecule has 0 spiro atoms. The third-order valence-electron chi connectivity index (χ3n) is 2.85. The first-order valence-electron chi connectivity index (χ1n) is 6.11. The maximum absolute atomic E-state index is 11.9. The number of hydrogen-bond donors (Lipinski definition) is 1. The van der Waals surface area contributed by atoms with Gasteiger partial charge in [-0.05, 0) is 31.5 Å². The molecule has 2 rings (SSSR count). The fourth-order valence-corrected chi connectivity index (χ4v) is 2.00. The number of carbonyl (C=O) groups excluding carboxylic acids is 1. The van der Waals surface area contributed by atoms with Crippen molar-refractivity contribution in [3.05, 3.63) is 29.7 Å². The van der Waals surface area contributed by atoms with Crippen LogP contribution in [0.5, 0.6) is 0 Å². The molecule has 1 amide bonds. The summed E-state index contributed by atoms with van der Waals surface area (Å²) in [5.41, 5.74) is 1.09. The van der Waals surface area contributed by atoms with Crippen LogP contribution >= 0.6 is 0 Å². The second-order valence-corrected chi connectivity index (χ2v) is 5.26. The topological polar surface area (TPSA) is 66.6 Å². The summed E-state index contributed by atoms with van der Waals surface area (Å²) in [5.74, 6) is 0.300. The molecule has 5 heteroatoms. The number of benzene rings is 1. The first-order chi connectivity index (χ1) is 8.77. The highest BCUT2D eigenvalue weighted by molar-refractivity contribution is 5.84. The molecule has 102 valence electrons. The Morgan fingerprint density at radius 2 is 2.16 bits per heavy atom. The fourth-order valence-electron chi connectivity index (χ4n) is 2.00. The molecule has 0 saturated heterocycles. The van der Waals surface area contributed by atoms with Gasteiger partial charge in [0, 0.05) is 20.5 Å². The van der Waals surface area contributed by atoms with E-state index in [0.29, 0.717) is 18.0 Å². The lowest BCUT2D eigenvalue weighted by atomic mass is 10.1. The van der Waals surface area contributed by atoms with Crippen molar-refractivity contribution in [1.82, 2.24) is 9.88 Å². The van der Waals surface area contributed by atoms with Crippen LogP contribution in [0.1, 0.15) is 25.3 Å². The Kier molecular flexibility index (Phi) is 3.32. The molecule has 0 fully saturated rings. The Hall–Kier alpha value is -1.88. The second kappa shape index (κ2) is 4.66. The van der Waals surface area contributed by atoms with Crippen molar-refractivity contribution in [2.75, 3.05) is 7.05 Å². The Labute approximate surface area is 111 Å². The summed E-state index contributed by atoms with van der Waals surface area (Å²) in [4.78, 5) is 17.6. The largest absolute Gasteiger partial charge is 0.441 e. The molecule has 0 unspecified atom stereocenters. The van der Waals surface area contributed by atoms with Gasteiger partial charge in [0.2, 0.25) is 0 Å².